The summed E-state index contributed by atoms with van der Waals surface area (Å²) in [6.45, 7) is 4.81. The van der Waals surface area contributed by atoms with Gasteiger partial charge in [0.1, 0.15) is 0 Å². The van der Waals surface area contributed by atoms with Gasteiger partial charge in [-0.2, -0.15) is 0 Å². The minimum atomic E-state index is 0.228. The van der Waals surface area contributed by atoms with Crippen molar-refractivity contribution in [2.75, 3.05) is 19.8 Å². The van der Waals surface area contributed by atoms with Gasteiger partial charge in [-0.3, -0.25) is 0 Å². The van der Waals surface area contributed by atoms with Gasteiger partial charge in [0, 0.05) is 28.6 Å². The molecule has 1 aliphatic heterocycles. The molecule has 1 N–H and O–H groups in total. The van der Waals surface area contributed by atoms with Crippen LogP contribution in [0, 0.1) is 5.92 Å². The SMILES string of the molecule is CCCNC(c1cc(Cl)ccc1Cl)C1CCCOC1. The lowest BCUT2D eigenvalue weighted by Gasteiger charge is -2.32. The molecule has 0 radical (unpaired) electrons. The van der Waals surface area contributed by atoms with Gasteiger partial charge in [-0.25, -0.2) is 0 Å². The minimum Gasteiger partial charge on any atom is -0.381 e. The first-order chi connectivity index (χ1) is 9.22. The van der Waals surface area contributed by atoms with E-state index in [0.717, 1.165) is 48.2 Å². The van der Waals surface area contributed by atoms with Crippen molar-refractivity contribution >= 4 is 23.2 Å². The number of benzene rings is 1. The highest BCUT2D eigenvalue weighted by Gasteiger charge is 2.26. The molecule has 0 saturated carbocycles. The van der Waals surface area contributed by atoms with Crippen LogP contribution in [0.3, 0.4) is 0 Å². The summed E-state index contributed by atoms with van der Waals surface area (Å²) in [5.41, 5.74) is 1.10. The predicted molar refractivity (Wildman–Crippen MR) is 81.0 cm³/mol. The molecular formula is C15H21Cl2NO. The van der Waals surface area contributed by atoms with E-state index in [0.29, 0.717) is 5.92 Å². The number of halogens is 2. The van der Waals surface area contributed by atoms with Crippen LogP contribution in [-0.4, -0.2) is 19.8 Å². The molecule has 2 atom stereocenters. The second kappa shape index (κ2) is 7.49. The lowest BCUT2D eigenvalue weighted by atomic mass is 9.88. The van der Waals surface area contributed by atoms with Crippen molar-refractivity contribution in [1.82, 2.24) is 5.32 Å². The quantitative estimate of drug-likeness (QED) is 0.867. The number of rotatable bonds is 5. The van der Waals surface area contributed by atoms with Crippen molar-refractivity contribution in [2.24, 2.45) is 5.92 Å². The molecule has 4 heteroatoms. The Balaban J connectivity index is 2.22. The van der Waals surface area contributed by atoms with Gasteiger partial charge in [-0.15, -0.1) is 0 Å². The van der Waals surface area contributed by atoms with Crippen molar-refractivity contribution in [1.29, 1.82) is 0 Å². The van der Waals surface area contributed by atoms with E-state index in [-0.39, 0.29) is 6.04 Å². The fourth-order valence-electron chi connectivity index (χ4n) is 2.61. The van der Waals surface area contributed by atoms with E-state index in [9.17, 15) is 0 Å². The predicted octanol–water partition coefficient (Wildman–Crippen LogP) is 4.46. The van der Waals surface area contributed by atoms with Gasteiger partial charge in [-0.05, 0) is 49.6 Å². The highest BCUT2D eigenvalue weighted by molar-refractivity contribution is 6.33. The first kappa shape index (κ1) is 15.1. The summed E-state index contributed by atoms with van der Waals surface area (Å²) in [6, 6.07) is 5.92. The van der Waals surface area contributed by atoms with E-state index in [1.165, 1.54) is 6.42 Å². The van der Waals surface area contributed by atoms with Crippen LogP contribution in [0.25, 0.3) is 0 Å². The molecule has 2 nitrogen and oxygen atoms in total. The smallest absolute Gasteiger partial charge is 0.0512 e. The third kappa shape index (κ3) is 4.09. The number of hydrogen-bond acceptors (Lipinski definition) is 2. The van der Waals surface area contributed by atoms with Crippen LogP contribution in [-0.2, 0) is 4.74 Å². The standard InChI is InChI=1S/C15H21Cl2NO/c1-2-7-18-15(11-4-3-8-19-10-11)13-9-12(16)5-6-14(13)17/h5-6,9,11,15,18H,2-4,7-8,10H2,1H3. The molecule has 0 aliphatic carbocycles. The Hall–Kier alpha value is -0.280. The molecule has 1 aliphatic rings. The molecule has 0 bridgehead atoms. The van der Waals surface area contributed by atoms with Crippen LogP contribution >= 0.6 is 23.2 Å². The van der Waals surface area contributed by atoms with Crippen molar-refractivity contribution in [3.63, 3.8) is 0 Å². The van der Waals surface area contributed by atoms with Crippen LogP contribution in [0.15, 0.2) is 18.2 Å². The fourth-order valence-corrected chi connectivity index (χ4v) is 3.03. The van der Waals surface area contributed by atoms with Crippen LogP contribution in [0.4, 0.5) is 0 Å². The Morgan fingerprint density at radius 1 is 1.42 bits per heavy atom. The maximum atomic E-state index is 6.35. The molecule has 1 saturated heterocycles. The minimum absolute atomic E-state index is 0.228. The molecule has 1 aromatic carbocycles. The average Bonchev–Trinajstić information content (AvgIpc) is 2.44. The van der Waals surface area contributed by atoms with Crippen LogP contribution in [0.2, 0.25) is 10.0 Å². The maximum Gasteiger partial charge on any atom is 0.0512 e. The van der Waals surface area contributed by atoms with Crippen molar-refractivity contribution in [2.45, 2.75) is 32.2 Å². The van der Waals surface area contributed by atoms with E-state index < -0.39 is 0 Å². The lowest BCUT2D eigenvalue weighted by molar-refractivity contribution is 0.0390. The summed E-state index contributed by atoms with van der Waals surface area (Å²) in [5, 5.41) is 5.12. The van der Waals surface area contributed by atoms with Crippen molar-refractivity contribution in [3.8, 4) is 0 Å². The van der Waals surface area contributed by atoms with Crippen molar-refractivity contribution in [3.05, 3.63) is 33.8 Å². The molecule has 0 spiro atoms. The molecule has 2 rings (SSSR count). The molecule has 1 heterocycles. The highest BCUT2D eigenvalue weighted by Crippen LogP contribution is 2.34. The van der Waals surface area contributed by atoms with Crippen LogP contribution in [0.5, 0.6) is 0 Å². The molecule has 1 aromatic rings. The van der Waals surface area contributed by atoms with Crippen LogP contribution < -0.4 is 5.32 Å². The topological polar surface area (TPSA) is 21.3 Å². The van der Waals surface area contributed by atoms with Gasteiger partial charge in [0.25, 0.3) is 0 Å². The molecule has 2 unspecified atom stereocenters. The van der Waals surface area contributed by atoms with Crippen molar-refractivity contribution < 1.29 is 4.74 Å². The van der Waals surface area contributed by atoms with E-state index >= 15 is 0 Å². The van der Waals surface area contributed by atoms with Gasteiger partial charge in [0.2, 0.25) is 0 Å². The lowest BCUT2D eigenvalue weighted by Crippen LogP contribution is -2.34. The van der Waals surface area contributed by atoms with Crippen LogP contribution in [0.1, 0.15) is 37.8 Å². The molecule has 0 aromatic heterocycles. The van der Waals surface area contributed by atoms with Gasteiger partial charge in [0.15, 0.2) is 0 Å². The average molecular weight is 302 g/mol. The zero-order chi connectivity index (χ0) is 13.7. The van der Waals surface area contributed by atoms with E-state index in [1.807, 2.05) is 18.2 Å². The summed E-state index contributed by atoms with van der Waals surface area (Å²) < 4.78 is 5.62. The Morgan fingerprint density at radius 3 is 2.95 bits per heavy atom. The Morgan fingerprint density at radius 2 is 2.26 bits per heavy atom. The second-order valence-corrected chi connectivity index (χ2v) is 5.92. The third-order valence-electron chi connectivity index (χ3n) is 3.57. The zero-order valence-corrected chi connectivity index (χ0v) is 12.8. The normalized spacial score (nSPS) is 21.3. The second-order valence-electron chi connectivity index (χ2n) is 5.07. The number of nitrogens with one attached hydrogen (secondary N) is 1. The number of hydrogen-bond donors (Lipinski definition) is 1. The Bertz CT molecular complexity index is 405. The largest absolute Gasteiger partial charge is 0.381 e. The maximum absolute atomic E-state index is 6.35. The summed E-state index contributed by atoms with van der Waals surface area (Å²) in [7, 11) is 0. The monoisotopic (exact) mass is 301 g/mol. The molecule has 1 fully saturated rings. The fraction of sp³-hybridized carbons (Fsp3) is 0.600. The van der Waals surface area contributed by atoms with E-state index in [2.05, 4.69) is 12.2 Å². The van der Waals surface area contributed by atoms with E-state index in [4.69, 9.17) is 27.9 Å². The molecule has 19 heavy (non-hydrogen) atoms. The summed E-state index contributed by atoms with van der Waals surface area (Å²) >= 11 is 12.5. The number of ether oxygens (including phenoxy) is 1. The first-order valence-corrected chi connectivity index (χ1v) is 7.74. The molecule has 106 valence electrons. The Labute approximate surface area is 125 Å². The Kier molecular flexibility index (Phi) is 5.96. The van der Waals surface area contributed by atoms with Gasteiger partial charge in [-0.1, -0.05) is 30.1 Å². The highest BCUT2D eigenvalue weighted by atomic mass is 35.5. The summed E-state index contributed by atoms with van der Waals surface area (Å²) in [4.78, 5) is 0. The summed E-state index contributed by atoms with van der Waals surface area (Å²) in [6.07, 6.45) is 3.39. The third-order valence-corrected chi connectivity index (χ3v) is 4.15. The molecular weight excluding hydrogens is 281 g/mol. The van der Waals surface area contributed by atoms with E-state index in [1.54, 1.807) is 0 Å². The molecule has 0 amide bonds. The summed E-state index contributed by atoms with van der Waals surface area (Å²) in [5.74, 6) is 0.469. The van der Waals surface area contributed by atoms with Gasteiger partial charge < -0.3 is 10.1 Å². The first-order valence-electron chi connectivity index (χ1n) is 6.98. The van der Waals surface area contributed by atoms with Gasteiger partial charge >= 0.3 is 0 Å². The zero-order valence-electron chi connectivity index (χ0n) is 11.3. The van der Waals surface area contributed by atoms with Gasteiger partial charge in [0.05, 0.1) is 6.61 Å².